The number of aliphatic carboxylic acids is 1. The standard InChI is InChI=1S/C23H29N5O4/c1-13-20(31)19(21(32)24-12-18(29)30)28-17(27-13)9-14-5-7-15(8-6-14)16-10-25-22(26-11-16)23(2,3)4/h7,10-11,14,31H,5-6,8-9,12H2,1-4H3,(H,24,32)(H,29,30). The molecule has 0 aliphatic heterocycles. The maximum absolute atomic E-state index is 12.2. The number of carboxylic acid groups (broad SMARTS) is 1. The monoisotopic (exact) mass is 439 g/mol. The molecule has 0 fully saturated rings. The van der Waals surface area contributed by atoms with E-state index in [4.69, 9.17) is 5.11 Å². The van der Waals surface area contributed by atoms with E-state index in [2.05, 4.69) is 52.1 Å². The highest BCUT2D eigenvalue weighted by molar-refractivity contribution is 5.96. The van der Waals surface area contributed by atoms with Crippen molar-refractivity contribution < 1.29 is 19.8 Å². The molecule has 1 atom stereocenters. The maximum atomic E-state index is 12.2. The molecule has 3 rings (SSSR count). The van der Waals surface area contributed by atoms with Gasteiger partial charge < -0.3 is 15.5 Å². The van der Waals surface area contributed by atoms with Gasteiger partial charge in [0.1, 0.15) is 18.2 Å². The Hall–Kier alpha value is -3.36. The summed E-state index contributed by atoms with van der Waals surface area (Å²) in [6.07, 6.45) is 9.16. The number of aromatic nitrogens is 4. The van der Waals surface area contributed by atoms with Crippen LogP contribution in [0.5, 0.6) is 5.75 Å². The number of nitrogens with one attached hydrogen (secondary N) is 1. The molecule has 0 spiro atoms. The minimum Gasteiger partial charge on any atom is -0.504 e. The lowest BCUT2D eigenvalue weighted by atomic mass is 9.85. The summed E-state index contributed by atoms with van der Waals surface area (Å²) >= 11 is 0. The van der Waals surface area contributed by atoms with Gasteiger partial charge in [-0.2, -0.15) is 0 Å². The minimum absolute atomic E-state index is 0.0871. The Kier molecular flexibility index (Phi) is 6.86. The number of allylic oxidation sites excluding steroid dienone is 2. The molecule has 9 nitrogen and oxygen atoms in total. The molecule has 1 aliphatic rings. The molecule has 0 saturated carbocycles. The third-order valence-electron chi connectivity index (χ3n) is 5.40. The van der Waals surface area contributed by atoms with Gasteiger partial charge in [0, 0.05) is 29.8 Å². The third kappa shape index (κ3) is 5.66. The van der Waals surface area contributed by atoms with E-state index < -0.39 is 18.4 Å². The first-order chi connectivity index (χ1) is 15.0. The summed E-state index contributed by atoms with van der Waals surface area (Å²) in [6.45, 7) is 7.30. The van der Waals surface area contributed by atoms with E-state index >= 15 is 0 Å². The van der Waals surface area contributed by atoms with Crippen molar-refractivity contribution in [1.29, 1.82) is 0 Å². The molecule has 2 aromatic rings. The van der Waals surface area contributed by atoms with Gasteiger partial charge in [0.2, 0.25) is 0 Å². The second kappa shape index (κ2) is 9.42. The van der Waals surface area contributed by atoms with E-state index in [1.807, 2.05) is 12.4 Å². The summed E-state index contributed by atoms with van der Waals surface area (Å²) in [7, 11) is 0. The van der Waals surface area contributed by atoms with Crippen molar-refractivity contribution in [2.75, 3.05) is 6.54 Å². The Labute approximate surface area is 187 Å². The van der Waals surface area contributed by atoms with Crippen molar-refractivity contribution in [2.24, 2.45) is 5.92 Å². The zero-order valence-electron chi connectivity index (χ0n) is 18.8. The van der Waals surface area contributed by atoms with E-state index in [1.165, 1.54) is 5.57 Å². The van der Waals surface area contributed by atoms with Crippen molar-refractivity contribution in [1.82, 2.24) is 25.3 Å². The van der Waals surface area contributed by atoms with Crippen molar-refractivity contribution in [2.45, 2.75) is 58.8 Å². The molecule has 1 amide bonds. The summed E-state index contributed by atoms with van der Waals surface area (Å²) in [5.41, 5.74) is 2.26. The van der Waals surface area contributed by atoms with E-state index in [1.54, 1.807) is 6.92 Å². The van der Waals surface area contributed by atoms with Crippen LogP contribution in [0.3, 0.4) is 0 Å². The average Bonchev–Trinajstić information content (AvgIpc) is 2.74. The lowest BCUT2D eigenvalue weighted by Crippen LogP contribution is -2.30. The largest absolute Gasteiger partial charge is 0.504 e. The molecular formula is C23H29N5O4. The van der Waals surface area contributed by atoms with Crippen LogP contribution < -0.4 is 5.32 Å². The van der Waals surface area contributed by atoms with E-state index in [0.717, 1.165) is 30.7 Å². The molecule has 0 aromatic carbocycles. The molecule has 1 aliphatic carbocycles. The highest BCUT2D eigenvalue weighted by Gasteiger charge is 2.22. The van der Waals surface area contributed by atoms with Crippen LogP contribution in [0.15, 0.2) is 18.5 Å². The number of carbonyl (C=O) groups excluding carboxylic acids is 1. The van der Waals surface area contributed by atoms with Crippen LogP contribution in [-0.4, -0.2) is 48.6 Å². The predicted molar refractivity (Wildman–Crippen MR) is 118 cm³/mol. The molecule has 170 valence electrons. The van der Waals surface area contributed by atoms with Crippen LogP contribution in [-0.2, 0) is 16.6 Å². The molecular weight excluding hydrogens is 410 g/mol. The van der Waals surface area contributed by atoms with Gasteiger partial charge in [-0.15, -0.1) is 0 Å². The van der Waals surface area contributed by atoms with E-state index in [0.29, 0.717) is 23.9 Å². The molecule has 3 N–H and O–H groups in total. The van der Waals surface area contributed by atoms with Crippen LogP contribution in [0.4, 0.5) is 0 Å². The summed E-state index contributed by atoms with van der Waals surface area (Å²) in [5, 5.41) is 21.1. The number of aryl methyl sites for hydroxylation is 1. The second-order valence-corrected chi connectivity index (χ2v) is 9.12. The Morgan fingerprint density at radius 3 is 2.44 bits per heavy atom. The van der Waals surface area contributed by atoms with Crippen molar-refractivity contribution in [3.05, 3.63) is 47.1 Å². The number of nitrogens with zero attached hydrogens (tertiary/aromatic N) is 4. The number of hydrogen-bond acceptors (Lipinski definition) is 7. The van der Waals surface area contributed by atoms with Gasteiger partial charge in [-0.25, -0.2) is 19.9 Å². The molecule has 0 saturated heterocycles. The molecule has 0 bridgehead atoms. The Bertz CT molecular complexity index is 1040. The fourth-order valence-electron chi connectivity index (χ4n) is 3.59. The fourth-order valence-corrected chi connectivity index (χ4v) is 3.59. The first-order valence-electron chi connectivity index (χ1n) is 10.6. The lowest BCUT2D eigenvalue weighted by Gasteiger charge is -2.22. The minimum atomic E-state index is -1.17. The quantitative estimate of drug-likeness (QED) is 0.625. The number of amides is 1. The maximum Gasteiger partial charge on any atom is 0.322 e. The second-order valence-electron chi connectivity index (χ2n) is 9.12. The Morgan fingerprint density at radius 2 is 1.88 bits per heavy atom. The molecule has 32 heavy (non-hydrogen) atoms. The normalized spacial score (nSPS) is 16.4. The van der Waals surface area contributed by atoms with Crippen molar-refractivity contribution in [3.8, 4) is 5.75 Å². The topological polar surface area (TPSA) is 138 Å². The summed E-state index contributed by atoms with van der Waals surface area (Å²) in [5.74, 6) is -0.666. The van der Waals surface area contributed by atoms with Gasteiger partial charge in [-0.3, -0.25) is 9.59 Å². The van der Waals surface area contributed by atoms with Crippen molar-refractivity contribution >= 4 is 17.4 Å². The smallest absolute Gasteiger partial charge is 0.322 e. The number of carboxylic acids is 1. The zero-order chi connectivity index (χ0) is 23.5. The number of hydrogen-bond donors (Lipinski definition) is 3. The molecule has 1 unspecified atom stereocenters. The summed E-state index contributed by atoms with van der Waals surface area (Å²) in [4.78, 5) is 40.4. The van der Waals surface area contributed by atoms with Gasteiger partial charge in [0.15, 0.2) is 11.4 Å². The number of rotatable bonds is 6. The zero-order valence-corrected chi connectivity index (χ0v) is 18.8. The first-order valence-corrected chi connectivity index (χ1v) is 10.6. The Morgan fingerprint density at radius 1 is 1.19 bits per heavy atom. The van der Waals surface area contributed by atoms with Crippen LogP contribution in [0, 0.1) is 12.8 Å². The number of aromatic hydroxyl groups is 1. The van der Waals surface area contributed by atoms with Gasteiger partial charge >= 0.3 is 5.97 Å². The number of carbonyl (C=O) groups is 2. The van der Waals surface area contributed by atoms with E-state index in [9.17, 15) is 14.7 Å². The molecule has 2 heterocycles. The predicted octanol–water partition coefficient (Wildman–Crippen LogP) is 2.82. The van der Waals surface area contributed by atoms with E-state index in [-0.39, 0.29) is 16.9 Å². The highest BCUT2D eigenvalue weighted by Crippen LogP contribution is 2.32. The van der Waals surface area contributed by atoms with Crippen LogP contribution in [0.2, 0.25) is 0 Å². The lowest BCUT2D eigenvalue weighted by molar-refractivity contribution is -0.135. The van der Waals surface area contributed by atoms with Gasteiger partial charge in [0.25, 0.3) is 5.91 Å². The van der Waals surface area contributed by atoms with Gasteiger partial charge in [-0.05, 0) is 37.7 Å². The summed E-state index contributed by atoms with van der Waals surface area (Å²) in [6, 6.07) is 0. The summed E-state index contributed by atoms with van der Waals surface area (Å²) < 4.78 is 0. The van der Waals surface area contributed by atoms with Crippen LogP contribution in [0.25, 0.3) is 5.57 Å². The first kappa shape index (κ1) is 23.3. The average molecular weight is 440 g/mol. The SMILES string of the molecule is Cc1nc(CC2CC=C(c3cnc(C(C)(C)C)nc3)CC2)nc(C(=O)NCC(=O)O)c1O. The molecule has 2 aromatic heterocycles. The third-order valence-corrected chi connectivity index (χ3v) is 5.40. The Balaban J connectivity index is 1.68. The highest BCUT2D eigenvalue weighted by atomic mass is 16.4. The van der Waals surface area contributed by atoms with Crippen LogP contribution >= 0.6 is 0 Å². The van der Waals surface area contributed by atoms with Gasteiger partial charge in [-0.1, -0.05) is 26.8 Å². The molecule has 0 radical (unpaired) electrons. The molecule has 9 heteroatoms. The van der Waals surface area contributed by atoms with Crippen LogP contribution in [0.1, 0.15) is 73.4 Å². The van der Waals surface area contributed by atoms with Gasteiger partial charge in [0.05, 0.1) is 5.69 Å². The van der Waals surface area contributed by atoms with Crippen molar-refractivity contribution in [3.63, 3.8) is 0 Å². The fraction of sp³-hybridized carbons (Fsp3) is 0.478.